The molecule has 0 aliphatic heterocycles. The number of rotatable bonds is 3. The monoisotopic (exact) mass is 501 g/mol. The van der Waals surface area contributed by atoms with E-state index in [2.05, 4.69) is 59.6 Å². The van der Waals surface area contributed by atoms with Gasteiger partial charge in [0.05, 0.1) is 0 Å². The van der Waals surface area contributed by atoms with Crippen molar-refractivity contribution in [2.45, 2.75) is 0 Å². The van der Waals surface area contributed by atoms with E-state index in [0.29, 0.717) is 0 Å². The third-order valence-electron chi connectivity index (χ3n) is 4.07. The summed E-state index contributed by atoms with van der Waals surface area (Å²) in [6, 6.07) is 34.4. The van der Waals surface area contributed by atoms with Gasteiger partial charge in [0.15, 0.2) is 0 Å². The molecule has 1 nitrogen and oxygen atoms in total. The van der Waals surface area contributed by atoms with E-state index in [1.165, 1.54) is 16.7 Å². The molecule has 4 aromatic rings. The molecule has 0 bridgehead atoms. The van der Waals surface area contributed by atoms with E-state index in [9.17, 15) is 0 Å². The van der Waals surface area contributed by atoms with E-state index in [1.807, 2.05) is 48.7 Å². The van der Waals surface area contributed by atoms with Crippen molar-refractivity contribution in [1.29, 1.82) is 0 Å². The minimum atomic E-state index is 0. The van der Waals surface area contributed by atoms with Crippen molar-refractivity contribution in [2.24, 2.45) is 0 Å². The van der Waals surface area contributed by atoms with Crippen LogP contribution in [-0.4, -0.2) is 4.98 Å². The summed E-state index contributed by atoms with van der Waals surface area (Å²) in [6.45, 7) is 0. The fourth-order valence-electron chi connectivity index (χ4n) is 2.75. The van der Waals surface area contributed by atoms with Crippen LogP contribution in [-0.2, 0) is 21.1 Å². The third kappa shape index (κ3) is 3.95. The number of aromatic nitrogens is 1. The number of pyridine rings is 1. The first-order chi connectivity index (χ1) is 11.9. The van der Waals surface area contributed by atoms with E-state index in [-0.39, 0.29) is 21.1 Å². The second-order valence-corrected chi connectivity index (χ2v) is 5.66. The zero-order valence-corrected chi connectivity index (χ0v) is 15.8. The molecule has 0 aliphatic carbocycles. The van der Waals surface area contributed by atoms with Crippen LogP contribution in [0.2, 0.25) is 0 Å². The maximum Gasteiger partial charge on any atom is 0.0239 e. The fraction of sp³-hybridized carbons (Fsp3) is 0. The van der Waals surface area contributed by atoms with Crippen molar-refractivity contribution in [3.05, 3.63) is 103 Å². The summed E-state index contributed by atoms with van der Waals surface area (Å²) in [5.74, 6) is 0. The molecular formula is C23H16NPt-. The molecule has 3 aromatic carbocycles. The van der Waals surface area contributed by atoms with Crippen LogP contribution in [0.1, 0.15) is 0 Å². The molecule has 4 rings (SSSR count). The summed E-state index contributed by atoms with van der Waals surface area (Å²) in [5, 5.41) is 0. The normalized spacial score (nSPS) is 10.1. The molecule has 0 amide bonds. The topological polar surface area (TPSA) is 12.9 Å². The number of benzene rings is 3. The average molecular weight is 501 g/mol. The van der Waals surface area contributed by atoms with Crippen LogP contribution in [0.3, 0.4) is 0 Å². The summed E-state index contributed by atoms with van der Waals surface area (Å²) in [7, 11) is 0. The zero-order valence-electron chi connectivity index (χ0n) is 13.5. The summed E-state index contributed by atoms with van der Waals surface area (Å²) >= 11 is 0. The Morgan fingerprint density at radius 2 is 1.16 bits per heavy atom. The van der Waals surface area contributed by atoms with Gasteiger partial charge >= 0.3 is 0 Å². The summed E-state index contributed by atoms with van der Waals surface area (Å²) in [6.07, 6.45) is 1.92. The number of nitrogens with zero attached hydrogens (tertiary/aromatic N) is 1. The smallest absolute Gasteiger partial charge is 0.0239 e. The predicted molar refractivity (Wildman–Crippen MR) is 99.4 cm³/mol. The molecule has 0 fully saturated rings. The van der Waals surface area contributed by atoms with Crippen LogP contribution < -0.4 is 0 Å². The zero-order chi connectivity index (χ0) is 16.2. The number of hydrogen-bond donors (Lipinski definition) is 0. The Morgan fingerprint density at radius 1 is 0.560 bits per heavy atom. The van der Waals surface area contributed by atoms with Gasteiger partial charge in [0, 0.05) is 27.3 Å². The Balaban J connectivity index is 0.00000182. The van der Waals surface area contributed by atoms with Crippen molar-refractivity contribution in [3.8, 4) is 33.5 Å². The van der Waals surface area contributed by atoms with Gasteiger partial charge in [-0.2, -0.15) is 0 Å². The molecule has 0 N–H and O–H groups in total. The Labute approximate surface area is 162 Å². The Morgan fingerprint density at radius 3 is 1.68 bits per heavy atom. The second kappa shape index (κ2) is 8.05. The van der Waals surface area contributed by atoms with Gasteiger partial charge in [-0.3, -0.25) is 0 Å². The molecule has 1 heterocycles. The van der Waals surface area contributed by atoms with E-state index in [1.54, 1.807) is 0 Å². The fourth-order valence-corrected chi connectivity index (χ4v) is 2.75. The minimum absolute atomic E-state index is 0. The maximum absolute atomic E-state index is 4.60. The van der Waals surface area contributed by atoms with Crippen molar-refractivity contribution >= 4 is 0 Å². The third-order valence-corrected chi connectivity index (χ3v) is 4.07. The molecule has 0 radical (unpaired) electrons. The molecule has 0 spiro atoms. The van der Waals surface area contributed by atoms with Crippen LogP contribution in [0.4, 0.5) is 0 Å². The van der Waals surface area contributed by atoms with Gasteiger partial charge in [0.2, 0.25) is 0 Å². The van der Waals surface area contributed by atoms with Crippen LogP contribution >= 0.6 is 0 Å². The van der Waals surface area contributed by atoms with Crippen LogP contribution in [0.15, 0.2) is 97.2 Å². The first kappa shape index (κ1) is 17.3. The summed E-state index contributed by atoms with van der Waals surface area (Å²) < 4.78 is 0. The first-order valence-electron chi connectivity index (χ1n) is 7.99. The molecule has 124 valence electrons. The Kier molecular flexibility index (Phi) is 5.58. The maximum atomic E-state index is 4.60. The van der Waals surface area contributed by atoms with Gasteiger partial charge in [0.25, 0.3) is 0 Å². The van der Waals surface area contributed by atoms with Gasteiger partial charge < -0.3 is 4.98 Å². The molecule has 0 atom stereocenters. The molecule has 1 aromatic heterocycles. The molecule has 0 unspecified atom stereocenters. The van der Waals surface area contributed by atoms with Crippen LogP contribution in [0.25, 0.3) is 33.5 Å². The molecule has 0 aliphatic rings. The standard InChI is InChI=1S/C23H16N.Pt/c1-3-7-18(8-4-1)20-11-13-21(14-12-20)23-16-15-22(17-24-23)19-9-5-2-6-10-19;/h1-13,15-17H;/q-1;. The largest absolute Gasteiger partial charge is 0.304 e. The van der Waals surface area contributed by atoms with Gasteiger partial charge in [-0.25, -0.2) is 0 Å². The van der Waals surface area contributed by atoms with Crippen molar-refractivity contribution in [3.63, 3.8) is 0 Å². The average Bonchev–Trinajstić information content (AvgIpc) is 2.70. The number of hydrogen-bond acceptors (Lipinski definition) is 1. The minimum Gasteiger partial charge on any atom is -0.304 e. The second-order valence-electron chi connectivity index (χ2n) is 5.66. The van der Waals surface area contributed by atoms with Gasteiger partial charge in [0.1, 0.15) is 0 Å². The summed E-state index contributed by atoms with van der Waals surface area (Å²) in [4.78, 5) is 4.60. The quantitative estimate of drug-likeness (QED) is 0.320. The van der Waals surface area contributed by atoms with Gasteiger partial charge in [-0.1, -0.05) is 83.9 Å². The van der Waals surface area contributed by atoms with E-state index >= 15 is 0 Å². The van der Waals surface area contributed by atoms with Crippen molar-refractivity contribution in [2.75, 3.05) is 0 Å². The first-order valence-corrected chi connectivity index (χ1v) is 7.99. The SMILES string of the molecule is [Pt].[c-]1cc(-c2ccccc2)ccc1-c1ccc(-c2ccccc2)cn1. The van der Waals surface area contributed by atoms with Gasteiger partial charge in [-0.05, 0) is 16.8 Å². The van der Waals surface area contributed by atoms with Crippen molar-refractivity contribution in [1.82, 2.24) is 4.98 Å². The molecule has 0 saturated carbocycles. The van der Waals surface area contributed by atoms with Crippen LogP contribution in [0.5, 0.6) is 0 Å². The molecular weight excluding hydrogens is 485 g/mol. The predicted octanol–water partition coefficient (Wildman–Crippen LogP) is 5.88. The molecule has 0 saturated heterocycles. The Hall–Kier alpha value is -2.50. The van der Waals surface area contributed by atoms with Gasteiger partial charge in [-0.15, -0.1) is 29.8 Å². The van der Waals surface area contributed by atoms with E-state index in [0.717, 1.165) is 16.8 Å². The van der Waals surface area contributed by atoms with Crippen LogP contribution in [0, 0.1) is 6.07 Å². The van der Waals surface area contributed by atoms with E-state index in [4.69, 9.17) is 0 Å². The Bertz CT molecular complexity index is 834. The summed E-state index contributed by atoms with van der Waals surface area (Å²) in [5.41, 5.74) is 6.62. The van der Waals surface area contributed by atoms with E-state index < -0.39 is 0 Å². The van der Waals surface area contributed by atoms with Crippen molar-refractivity contribution < 1.29 is 21.1 Å². The molecule has 2 heteroatoms. The molecule has 25 heavy (non-hydrogen) atoms.